The van der Waals surface area contributed by atoms with Gasteiger partial charge >= 0.3 is 0 Å². The molecule has 1 aliphatic heterocycles. The minimum absolute atomic E-state index is 0.157. The first-order chi connectivity index (χ1) is 14.8. The van der Waals surface area contributed by atoms with Gasteiger partial charge < -0.3 is 25.5 Å². The molecule has 0 saturated carbocycles. The average molecular weight is 427 g/mol. The number of anilines is 2. The van der Waals surface area contributed by atoms with Crippen LogP contribution in [0.3, 0.4) is 0 Å². The van der Waals surface area contributed by atoms with Gasteiger partial charge in [0.2, 0.25) is 0 Å². The number of carbonyl (C=O) groups is 2. The summed E-state index contributed by atoms with van der Waals surface area (Å²) in [5.74, 6) is 0.400. The van der Waals surface area contributed by atoms with E-state index in [0.717, 1.165) is 18.1 Å². The Bertz CT molecular complexity index is 908. The Hall–Kier alpha value is -3.20. The molecule has 0 aromatic carbocycles. The number of piperazine rings is 1. The lowest BCUT2D eigenvalue weighted by Gasteiger charge is -2.36. The van der Waals surface area contributed by atoms with Gasteiger partial charge in [0.05, 0.1) is 23.4 Å². The minimum atomic E-state index is -0.731. The van der Waals surface area contributed by atoms with E-state index in [9.17, 15) is 14.7 Å². The maximum atomic E-state index is 12.9. The third-order valence-electron chi connectivity index (χ3n) is 5.11. The zero-order valence-electron chi connectivity index (χ0n) is 18.3. The third-order valence-corrected chi connectivity index (χ3v) is 5.11. The third kappa shape index (κ3) is 5.49. The number of nitrogens with zero attached hydrogens (tertiary/aromatic N) is 4. The van der Waals surface area contributed by atoms with Gasteiger partial charge in [0, 0.05) is 45.1 Å². The molecule has 3 N–H and O–H groups in total. The molecule has 2 aromatic heterocycles. The number of hydrogen-bond acceptors (Lipinski definition) is 7. The van der Waals surface area contributed by atoms with Crippen molar-refractivity contribution in [3.63, 3.8) is 0 Å². The molecule has 3 rings (SSSR count). The lowest BCUT2D eigenvalue weighted by molar-refractivity contribution is 0.0739. The molecule has 0 bridgehead atoms. The first-order valence-electron chi connectivity index (χ1n) is 10.5. The van der Waals surface area contributed by atoms with E-state index in [1.807, 2.05) is 19.1 Å². The summed E-state index contributed by atoms with van der Waals surface area (Å²) in [5.41, 5.74) is 0.905. The molecule has 2 amide bonds. The van der Waals surface area contributed by atoms with Crippen LogP contribution in [0.2, 0.25) is 0 Å². The molecule has 31 heavy (non-hydrogen) atoms. The van der Waals surface area contributed by atoms with E-state index < -0.39 is 5.54 Å². The summed E-state index contributed by atoms with van der Waals surface area (Å²) in [6, 6.07) is 7.06. The number of rotatable bonds is 7. The number of carbonyl (C=O) groups excluding carboxylic acids is 2. The number of pyridine rings is 2. The largest absolute Gasteiger partial charge is 0.394 e. The number of aliphatic hydroxyl groups excluding tert-OH is 1. The van der Waals surface area contributed by atoms with Gasteiger partial charge in [-0.1, -0.05) is 0 Å². The second-order valence-corrected chi connectivity index (χ2v) is 8.11. The van der Waals surface area contributed by atoms with Gasteiger partial charge in [-0.3, -0.25) is 14.6 Å². The van der Waals surface area contributed by atoms with Crippen LogP contribution in [0.5, 0.6) is 0 Å². The van der Waals surface area contributed by atoms with Crippen LogP contribution < -0.4 is 15.5 Å². The number of aliphatic hydroxyl groups is 1. The molecule has 166 valence electrons. The molecular formula is C22H30N6O3. The molecule has 1 aliphatic rings. The highest BCUT2D eigenvalue weighted by Crippen LogP contribution is 2.24. The van der Waals surface area contributed by atoms with Crippen molar-refractivity contribution >= 4 is 23.3 Å². The van der Waals surface area contributed by atoms with Crippen molar-refractivity contribution in [2.24, 2.45) is 0 Å². The zero-order valence-corrected chi connectivity index (χ0v) is 18.3. The van der Waals surface area contributed by atoms with Gasteiger partial charge in [0.15, 0.2) is 5.82 Å². The summed E-state index contributed by atoms with van der Waals surface area (Å²) in [7, 11) is 0. The lowest BCUT2D eigenvalue weighted by Crippen LogP contribution is -2.49. The Balaban J connectivity index is 1.60. The van der Waals surface area contributed by atoms with E-state index in [1.165, 1.54) is 6.20 Å². The van der Waals surface area contributed by atoms with E-state index in [-0.39, 0.29) is 18.4 Å². The smallest absolute Gasteiger partial charge is 0.272 e. The Labute approximate surface area is 182 Å². The Kier molecular flexibility index (Phi) is 7.06. The van der Waals surface area contributed by atoms with E-state index in [0.29, 0.717) is 37.4 Å². The first kappa shape index (κ1) is 22.5. The molecule has 3 heterocycles. The molecule has 9 nitrogen and oxygen atoms in total. The maximum Gasteiger partial charge on any atom is 0.272 e. The van der Waals surface area contributed by atoms with Gasteiger partial charge in [0.25, 0.3) is 11.8 Å². The number of aromatic nitrogens is 2. The summed E-state index contributed by atoms with van der Waals surface area (Å²) in [4.78, 5) is 37.8. The van der Waals surface area contributed by atoms with Crippen molar-refractivity contribution in [2.75, 3.05) is 49.5 Å². The standard InChI is InChI=1S/C22H30N6O3/c1-4-23-17-6-5-9-24-19(17)27-10-12-28(13-11-27)21(31)18-8-7-16(14-25-18)20(30)26-22(2,3)15-29/h5-9,14,23,29H,4,10-13,15H2,1-3H3,(H,26,30). The Morgan fingerprint density at radius 1 is 1.13 bits per heavy atom. The second kappa shape index (κ2) is 9.74. The molecule has 1 fully saturated rings. The van der Waals surface area contributed by atoms with E-state index in [2.05, 4.69) is 25.5 Å². The summed E-state index contributed by atoms with van der Waals surface area (Å²) in [6.07, 6.45) is 3.17. The summed E-state index contributed by atoms with van der Waals surface area (Å²) in [5, 5.41) is 15.3. The first-order valence-corrected chi connectivity index (χ1v) is 10.5. The van der Waals surface area contributed by atoms with Gasteiger partial charge in [-0.15, -0.1) is 0 Å². The van der Waals surface area contributed by atoms with Crippen LogP contribution >= 0.6 is 0 Å². The summed E-state index contributed by atoms with van der Waals surface area (Å²) < 4.78 is 0. The fraction of sp³-hybridized carbons (Fsp3) is 0.455. The van der Waals surface area contributed by atoms with E-state index in [1.54, 1.807) is 37.1 Å². The second-order valence-electron chi connectivity index (χ2n) is 8.11. The number of nitrogens with one attached hydrogen (secondary N) is 2. The lowest BCUT2D eigenvalue weighted by atomic mass is 10.1. The fourth-order valence-corrected chi connectivity index (χ4v) is 3.33. The van der Waals surface area contributed by atoms with E-state index in [4.69, 9.17) is 0 Å². The monoisotopic (exact) mass is 426 g/mol. The van der Waals surface area contributed by atoms with Crippen molar-refractivity contribution in [3.05, 3.63) is 47.9 Å². The molecule has 0 unspecified atom stereocenters. The van der Waals surface area contributed by atoms with Crippen molar-refractivity contribution in [2.45, 2.75) is 26.3 Å². The van der Waals surface area contributed by atoms with Crippen molar-refractivity contribution in [1.82, 2.24) is 20.2 Å². The van der Waals surface area contributed by atoms with Crippen LogP contribution in [0.4, 0.5) is 11.5 Å². The number of amides is 2. The predicted octanol–water partition coefficient (Wildman–Crippen LogP) is 1.37. The molecule has 9 heteroatoms. The van der Waals surface area contributed by atoms with Crippen LogP contribution in [0.15, 0.2) is 36.7 Å². The molecule has 0 spiro atoms. The SMILES string of the molecule is CCNc1cccnc1N1CCN(C(=O)c2ccc(C(=O)NC(C)(C)CO)cn2)CC1. The van der Waals surface area contributed by atoms with Gasteiger partial charge in [-0.2, -0.15) is 0 Å². The molecule has 1 saturated heterocycles. The quantitative estimate of drug-likeness (QED) is 0.613. The molecule has 2 aromatic rings. The Morgan fingerprint density at radius 2 is 1.87 bits per heavy atom. The van der Waals surface area contributed by atoms with Crippen LogP contribution in [-0.2, 0) is 0 Å². The molecule has 0 atom stereocenters. The fourth-order valence-electron chi connectivity index (χ4n) is 3.33. The topological polar surface area (TPSA) is 111 Å². The van der Waals surface area contributed by atoms with Crippen molar-refractivity contribution in [1.29, 1.82) is 0 Å². The van der Waals surface area contributed by atoms with Crippen LogP contribution in [0.25, 0.3) is 0 Å². The van der Waals surface area contributed by atoms with Gasteiger partial charge in [-0.05, 0) is 45.0 Å². The highest BCUT2D eigenvalue weighted by Gasteiger charge is 2.25. The average Bonchev–Trinajstić information content (AvgIpc) is 2.79. The van der Waals surface area contributed by atoms with Crippen LogP contribution in [0.1, 0.15) is 41.6 Å². The van der Waals surface area contributed by atoms with Gasteiger partial charge in [0.1, 0.15) is 5.69 Å². The Morgan fingerprint density at radius 3 is 2.48 bits per heavy atom. The van der Waals surface area contributed by atoms with Crippen LogP contribution in [0, 0.1) is 0 Å². The highest BCUT2D eigenvalue weighted by molar-refractivity contribution is 5.96. The van der Waals surface area contributed by atoms with Crippen molar-refractivity contribution < 1.29 is 14.7 Å². The summed E-state index contributed by atoms with van der Waals surface area (Å²) in [6.45, 7) is 8.62. The molecule has 0 radical (unpaired) electrons. The number of hydrogen-bond donors (Lipinski definition) is 3. The zero-order chi connectivity index (χ0) is 22.4. The van der Waals surface area contributed by atoms with Gasteiger partial charge in [-0.25, -0.2) is 4.98 Å². The normalized spacial score (nSPS) is 14.3. The highest BCUT2D eigenvalue weighted by atomic mass is 16.3. The predicted molar refractivity (Wildman–Crippen MR) is 119 cm³/mol. The molecular weight excluding hydrogens is 396 g/mol. The minimum Gasteiger partial charge on any atom is -0.394 e. The van der Waals surface area contributed by atoms with E-state index >= 15 is 0 Å². The van der Waals surface area contributed by atoms with Crippen LogP contribution in [-0.4, -0.2) is 76.7 Å². The summed E-state index contributed by atoms with van der Waals surface area (Å²) >= 11 is 0. The molecule has 0 aliphatic carbocycles. The van der Waals surface area contributed by atoms with Crippen molar-refractivity contribution in [3.8, 4) is 0 Å². The maximum absolute atomic E-state index is 12.9.